The van der Waals surface area contributed by atoms with E-state index in [9.17, 15) is 9.90 Å². The van der Waals surface area contributed by atoms with Crippen LogP contribution in [0.15, 0.2) is 0 Å². The molecule has 14 heavy (non-hydrogen) atoms. The van der Waals surface area contributed by atoms with Gasteiger partial charge >= 0.3 is 0 Å². The molecule has 0 aromatic rings. The van der Waals surface area contributed by atoms with Crippen molar-refractivity contribution in [1.82, 2.24) is 5.32 Å². The Hall–Kier alpha value is -0.610. The minimum absolute atomic E-state index is 0.102. The van der Waals surface area contributed by atoms with Gasteiger partial charge in [-0.05, 0) is 20.3 Å². The van der Waals surface area contributed by atoms with E-state index in [4.69, 9.17) is 5.73 Å². The number of amides is 1. The van der Waals surface area contributed by atoms with Crippen LogP contribution < -0.4 is 11.1 Å². The molecule has 4 nitrogen and oxygen atoms in total. The van der Waals surface area contributed by atoms with E-state index in [0.717, 1.165) is 6.42 Å². The Kier molecular flexibility index (Phi) is 5.72. The molecule has 0 aliphatic heterocycles. The van der Waals surface area contributed by atoms with E-state index < -0.39 is 11.5 Å². The van der Waals surface area contributed by atoms with Crippen LogP contribution in [0.5, 0.6) is 0 Å². The lowest BCUT2D eigenvalue weighted by Gasteiger charge is -2.22. The molecule has 0 rings (SSSR count). The van der Waals surface area contributed by atoms with Crippen molar-refractivity contribution < 1.29 is 9.90 Å². The maximum absolute atomic E-state index is 11.5. The summed E-state index contributed by atoms with van der Waals surface area (Å²) in [6.07, 6.45) is 1.18. The minimum atomic E-state index is -0.550. The number of carbonyl (C=O) groups is 1. The van der Waals surface area contributed by atoms with Crippen molar-refractivity contribution in [2.45, 2.75) is 39.7 Å². The highest BCUT2D eigenvalue weighted by atomic mass is 16.3. The second-order valence-electron chi connectivity index (χ2n) is 4.24. The average Bonchev–Trinajstić information content (AvgIpc) is 2.14. The summed E-state index contributed by atoms with van der Waals surface area (Å²) in [4.78, 5) is 11.5. The second kappa shape index (κ2) is 5.98. The maximum atomic E-state index is 11.5. The number of aliphatic hydroxyl groups excluding tert-OH is 1. The van der Waals surface area contributed by atoms with Gasteiger partial charge in [0, 0.05) is 13.1 Å². The number of nitrogens with one attached hydrogen (secondary N) is 1. The Bertz CT molecular complexity index is 181. The smallest absolute Gasteiger partial charge is 0.227 e. The highest BCUT2D eigenvalue weighted by Gasteiger charge is 2.25. The third-order valence-corrected chi connectivity index (χ3v) is 2.25. The fourth-order valence-electron chi connectivity index (χ4n) is 0.978. The van der Waals surface area contributed by atoms with E-state index in [1.807, 2.05) is 6.92 Å². The Morgan fingerprint density at radius 1 is 1.57 bits per heavy atom. The van der Waals surface area contributed by atoms with Crippen LogP contribution in [-0.2, 0) is 4.79 Å². The van der Waals surface area contributed by atoms with Crippen molar-refractivity contribution >= 4 is 5.91 Å². The highest BCUT2D eigenvalue weighted by molar-refractivity contribution is 5.82. The predicted molar refractivity (Wildman–Crippen MR) is 56.8 cm³/mol. The number of hydrogen-bond donors (Lipinski definition) is 3. The largest absolute Gasteiger partial charge is 0.391 e. The summed E-state index contributed by atoms with van der Waals surface area (Å²) in [6.45, 7) is 6.19. The molecule has 0 bridgehead atoms. The summed E-state index contributed by atoms with van der Waals surface area (Å²) < 4.78 is 0. The molecule has 84 valence electrons. The van der Waals surface area contributed by atoms with Crippen LogP contribution in [0, 0.1) is 5.41 Å². The van der Waals surface area contributed by atoms with Crippen molar-refractivity contribution in [2.24, 2.45) is 11.1 Å². The number of aliphatic hydroxyl groups is 1. The lowest BCUT2D eigenvalue weighted by molar-refractivity contribution is -0.129. The Morgan fingerprint density at radius 2 is 2.14 bits per heavy atom. The molecule has 0 saturated carbocycles. The quantitative estimate of drug-likeness (QED) is 0.578. The zero-order chi connectivity index (χ0) is 11.2. The zero-order valence-electron chi connectivity index (χ0n) is 9.34. The molecule has 1 unspecified atom stereocenters. The molecule has 0 spiro atoms. The first-order valence-corrected chi connectivity index (χ1v) is 5.10. The van der Waals surface area contributed by atoms with Crippen molar-refractivity contribution in [2.75, 3.05) is 13.1 Å². The van der Waals surface area contributed by atoms with E-state index in [-0.39, 0.29) is 5.91 Å². The highest BCUT2D eigenvalue weighted by Crippen LogP contribution is 2.11. The van der Waals surface area contributed by atoms with Gasteiger partial charge in [0.2, 0.25) is 5.91 Å². The first-order chi connectivity index (χ1) is 6.44. The second-order valence-corrected chi connectivity index (χ2v) is 4.24. The molecule has 0 fully saturated rings. The van der Waals surface area contributed by atoms with Crippen molar-refractivity contribution in [3.05, 3.63) is 0 Å². The molecule has 0 radical (unpaired) electrons. The van der Waals surface area contributed by atoms with Gasteiger partial charge in [0.15, 0.2) is 0 Å². The first kappa shape index (κ1) is 13.4. The van der Waals surface area contributed by atoms with Crippen molar-refractivity contribution in [3.63, 3.8) is 0 Å². The normalized spacial score (nSPS) is 13.8. The standard InChI is InChI=1S/C10H22N2O2/c1-4-5-8(13)6-12-9(14)10(2,3)7-11/h8,13H,4-7,11H2,1-3H3,(H,12,14). The Balaban J connectivity index is 3.85. The molecular weight excluding hydrogens is 180 g/mol. The van der Waals surface area contributed by atoms with Gasteiger partial charge in [0.25, 0.3) is 0 Å². The molecule has 0 aromatic heterocycles. The Morgan fingerprint density at radius 3 is 2.57 bits per heavy atom. The molecule has 0 saturated heterocycles. The van der Waals surface area contributed by atoms with Gasteiger partial charge in [-0.25, -0.2) is 0 Å². The summed E-state index contributed by atoms with van der Waals surface area (Å²) in [5.74, 6) is -0.102. The Labute approximate surface area is 85.9 Å². The van der Waals surface area contributed by atoms with Gasteiger partial charge < -0.3 is 16.2 Å². The lowest BCUT2D eigenvalue weighted by atomic mass is 9.92. The van der Waals surface area contributed by atoms with Gasteiger partial charge in [-0.2, -0.15) is 0 Å². The number of rotatable bonds is 6. The van der Waals surface area contributed by atoms with E-state index in [1.165, 1.54) is 0 Å². The van der Waals surface area contributed by atoms with Crippen LogP contribution in [0.4, 0.5) is 0 Å². The van der Waals surface area contributed by atoms with Gasteiger partial charge in [-0.3, -0.25) is 4.79 Å². The molecular formula is C10H22N2O2. The number of carbonyl (C=O) groups excluding carboxylic acids is 1. The predicted octanol–water partition coefficient (Wildman–Crippen LogP) is 0.249. The van der Waals surface area contributed by atoms with E-state index in [2.05, 4.69) is 5.32 Å². The van der Waals surface area contributed by atoms with Crippen molar-refractivity contribution in [1.29, 1.82) is 0 Å². The third kappa shape index (κ3) is 4.58. The van der Waals surface area contributed by atoms with E-state index >= 15 is 0 Å². The molecule has 4 heteroatoms. The summed E-state index contributed by atoms with van der Waals surface area (Å²) in [6, 6.07) is 0. The molecule has 1 atom stereocenters. The van der Waals surface area contributed by atoms with E-state index in [0.29, 0.717) is 19.5 Å². The van der Waals surface area contributed by atoms with E-state index in [1.54, 1.807) is 13.8 Å². The monoisotopic (exact) mass is 202 g/mol. The molecule has 1 amide bonds. The van der Waals surface area contributed by atoms with Crippen LogP contribution >= 0.6 is 0 Å². The fraction of sp³-hybridized carbons (Fsp3) is 0.900. The van der Waals surface area contributed by atoms with Gasteiger partial charge in [0.05, 0.1) is 11.5 Å². The summed E-state index contributed by atoms with van der Waals surface area (Å²) in [5.41, 5.74) is 4.90. The molecule has 4 N–H and O–H groups in total. The summed E-state index contributed by atoms with van der Waals surface area (Å²) in [7, 11) is 0. The summed E-state index contributed by atoms with van der Waals surface area (Å²) >= 11 is 0. The van der Waals surface area contributed by atoms with Crippen LogP contribution in [0.2, 0.25) is 0 Å². The summed E-state index contributed by atoms with van der Waals surface area (Å²) in [5, 5.41) is 12.1. The molecule has 0 aliphatic rings. The lowest BCUT2D eigenvalue weighted by Crippen LogP contribution is -2.44. The van der Waals surface area contributed by atoms with Crippen LogP contribution in [-0.4, -0.2) is 30.2 Å². The first-order valence-electron chi connectivity index (χ1n) is 5.10. The molecule has 0 heterocycles. The maximum Gasteiger partial charge on any atom is 0.227 e. The molecule has 0 aliphatic carbocycles. The zero-order valence-corrected chi connectivity index (χ0v) is 9.34. The number of nitrogens with two attached hydrogens (primary N) is 1. The van der Waals surface area contributed by atoms with Gasteiger partial charge in [-0.15, -0.1) is 0 Å². The third-order valence-electron chi connectivity index (χ3n) is 2.25. The average molecular weight is 202 g/mol. The molecule has 0 aromatic carbocycles. The van der Waals surface area contributed by atoms with Crippen LogP contribution in [0.25, 0.3) is 0 Å². The van der Waals surface area contributed by atoms with Gasteiger partial charge in [-0.1, -0.05) is 13.3 Å². The fourth-order valence-corrected chi connectivity index (χ4v) is 0.978. The van der Waals surface area contributed by atoms with Crippen LogP contribution in [0.3, 0.4) is 0 Å². The minimum Gasteiger partial charge on any atom is -0.391 e. The SMILES string of the molecule is CCCC(O)CNC(=O)C(C)(C)CN. The number of hydrogen-bond acceptors (Lipinski definition) is 3. The van der Waals surface area contributed by atoms with Crippen LogP contribution in [0.1, 0.15) is 33.6 Å². The van der Waals surface area contributed by atoms with Crippen molar-refractivity contribution in [3.8, 4) is 0 Å². The topological polar surface area (TPSA) is 75.3 Å². The van der Waals surface area contributed by atoms with Gasteiger partial charge in [0.1, 0.15) is 0 Å².